The molecule has 2 rings (SSSR count). The second-order valence-corrected chi connectivity index (χ2v) is 4.66. The van der Waals surface area contributed by atoms with Crippen molar-refractivity contribution in [3.63, 3.8) is 0 Å². The molecule has 1 heterocycles. The zero-order valence-corrected chi connectivity index (χ0v) is 10.5. The summed E-state index contributed by atoms with van der Waals surface area (Å²) in [5, 5.41) is 8.79. The summed E-state index contributed by atoms with van der Waals surface area (Å²) in [4.78, 5) is 0.907. The van der Waals surface area contributed by atoms with E-state index in [2.05, 4.69) is 10.2 Å². The van der Waals surface area contributed by atoms with Gasteiger partial charge in [-0.05, 0) is 42.4 Å². The second kappa shape index (κ2) is 4.85. The van der Waals surface area contributed by atoms with Crippen LogP contribution in [0.2, 0.25) is 0 Å². The number of hydrogen-bond acceptors (Lipinski definition) is 4. The third kappa shape index (κ3) is 2.48. The minimum atomic E-state index is -0.274. The van der Waals surface area contributed by atoms with E-state index < -0.39 is 0 Å². The van der Waals surface area contributed by atoms with Crippen molar-refractivity contribution in [2.75, 3.05) is 0 Å². The van der Waals surface area contributed by atoms with E-state index in [9.17, 15) is 4.39 Å². The summed E-state index contributed by atoms with van der Waals surface area (Å²) in [6.45, 7) is 2.18. The highest BCUT2D eigenvalue weighted by Crippen LogP contribution is 2.29. The first-order valence-corrected chi connectivity index (χ1v) is 5.96. The number of nitrogens with two attached hydrogens (primary N) is 1. The predicted octanol–water partition coefficient (Wildman–Crippen LogP) is 1.87. The van der Waals surface area contributed by atoms with Crippen LogP contribution in [0.4, 0.5) is 4.39 Å². The lowest BCUT2D eigenvalue weighted by atomic mass is 10.2. The van der Waals surface area contributed by atoms with Gasteiger partial charge in [0.1, 0.15) is 11.6 Å². The van der Waals surface area contributed by atoms with Crippen molar-refractivity contribution < 1.29 is 4.39 Å². The molecule has 0 amide bonds. The first-order valence-electron chi connectivity index (χ1n) is 5.14. The van der Waals surface area contributed by atoms with Gasteiger partial charge in [-0.15, -0.1) is 10.2 Å². The molecule has 0 saturated heterocycles. The Hall–Kier alpha value is -1.40. The number of rotatable bonds is 3. The van der Waals surface area contributed by atoms with Gasteiger partial charge >= 0.3 is 0 Å². The van der Waals surface area contributed by atoms with E-state index in [1.807, 2.05) is 18.5 Å². The van der Waals surface area contributed by atoms with Crippen molar-refractivity contribution in [1.29, 1.82) is 0 Å². The Kier molecular flexibility index (Phi) is 3.44. The van der Waals surface area contributed by atoms with Crippen molar-refractivity contribution in [3.8, 4) is 0 Å². The van der Waals surface area contributed by atoms with Crippen LogP contribution in [0.25, 0.3) is 0 Å². The second-order valence-electron chi connectivity index (χ2n) is 3.65. The van der Waals surface area contributed by atoms with Crippen molar-refractivity contribution in [2.45, 2.75) is 23.5 Å². The molecule has 2 aromatic rings. The van der Waals surface area contributed by atoms with E-state index in [1.165, 1.54) is 23.9 Å². The van der Waals surface area contributed by atoms with Gasteiger partial charge in [0.25, 0.3) is 0 Å². The number of hydrogen-bond donors (Lipinski definition) is 1. The van der Waals surface area contributed by atoms with Crippen LogP contribution in [0, 0.1) is 12.7 Å². The number of halogens is 1. The van der Waals surface area contributed by atoms with E-state index in [4.69, 9.17) is 5.73 Å². The molecule has 17 heavy (non-hydrogen) atoms. The molecule has 0 atom stereocenters. The van der Waals surface area contributed by atoms with Gasteiger partial charge in [0.15, 0.2) is 5.16 Å². The van der Waals surface area contributed by atoms with Crippen molar-refractivity contribution in [3.05, 3.63) is 35.4 Å². The van der Waals surface area contributed by atoms with Crippen LogP contribution in [0.5, 0.6) is 0 Å². The molecule has 4 nitrogen and oxygen atoms in total. The summed E-state index contributed by atoms with van der Waals surface area (Å²) in [5.41, 5.74) is 6.37. The van der Waals surface area contributed by atoms with Gasteiger partial charge in [-0.1, -0.05) is 0 Å². The van der Waals surface area contributed by atoms with Crippen molar-refractivity contribution in [2.24, 2.45) is 12.8 Å². The molecule has 0 spiro atoms. The topological polar surface area (TPSA) is 56.7 Å². The summed E-state index contributed by atoms with van der Waals surface area (Å²) in [7, 11) is 1.89. The van der Waals surface area contributed by atoms with Gasteiger partial charge in [-0.25, -0.2) is 4.39 Å². The van der Waals surface area contributed by atoms with Crippen LogP contribution in [0.15, 0.2) is 28.3 Å². The van der Waals surface area contributed by atoms with E-state index in [-0.39, 0.29) is 5.82 Å². The molecule has 6 heteroatoms. The van der Waals surface area contributed by atoms with Gasteiger partial charge in [-0.2, -0.15) is 0 Å². The molecule has 0 aliphatic rings. The SMILES string of the molecule is Cc1nnc(Sc2ccc(F)cc2CN)n1C. The van der Waals surface area contributed by atoms with Crippen molar-refractivity contribution >= 4 is 11.8 Å². The Morgan fingerprint density at radius 1 is 1.41 bits per heavy atom. The van der Waals surface area contributed by atoms with Gasteiger partial charge in [0.2, 0.25) is 0 Å². The third-order valence-corrected chi connectivity index (χ3v) is 3.65. The molecular weight excluding hydrogens is 239 g/mol. The lowest BCUT2D eigenvalue weighted by molar-refractivity contribution is 0.623. The fraction of sp³-hybridized carbons (Fsp3) is 0.273. The van der Waals surface area contributed by atoms with Gasteiger partial charge in [0.05, 0.1) is 0 Å². The molecule has 0 radical (unpaired) electrons. The smallest absolute Gasteiger partial charge is 0.195 e. The monoisotopic (exact) mass is 252 g/mol. The molecule has 0 aliphatic heterocycles. The molecule has 1 aromatic heterocycles. The molecule has 0 fully saturated rings. The molecule has 1 aromatic carbocycles. The van der Waals surface area contributed by atoms with Gasteiger partial charge in [-0.3, -0.25) is 0 Å². The maximum atomic E-state index is 13.1. The zero-order valence-electron chi connectivity index (χ0n) is 9.64. The van der Waals surface area contributed by atoms with Crippen LogP contribution in [0.3, 0.4) is 0 Å². The Labute approximate surface area is 103 Å². The molecular formula is C11H13FN4S. The van der Waals surface area contributed by atoms with Crippen molar-refractivity contribution in [1.82, 2.24) is 14.8 Å². The van der Waals surface area contributed by atoms with E-state index >= 15 is 0 Å². The highest BCUT2D eigenvalue weighted by molar-refractivity contribution is 7.99. The summed E-state index contributed by atoms with van der Waals surface area (Å²) >= 11 is 1.44. The molecule has 0 saturated carbocycles. The number of nitrogens with zero attached hydrogens (tertiary/aromatic N) is 3. The van der Waals surface area contributed by atoms with E-state index in [1.54, 1.807) is 6.07 Å². The summed E-state index contributed by atoms with van der Waals surface area (Å²) in [6, 6.07) is 4.59. The fourth-order valence-corrected chi connectivity index (χ4v) is 2.34. The summed E-state index contributed by atoms with van der Waals surface area (Å²) in [5.74, 6) is 0.563. The average Bonchev–Trinajstić information content (AvgIpc) is 2.63. The lowest BCUT2D eigenvalue weighted by Gasteiger charge is -2.06. The Morgan fingerprint density at radius 3 is 2.76 bits per heavy atom. The summed E-state index contributed by atoms with van der Waals surface area (Å²) < 4.78 is 14.9. The van der Waals surface area contributed by atoms with Gasteiger partial charge in [0, 0.05) is 18.5 Å². The molecule has 90 valence electrons. The van der Waals surface area contributed by atoms with Crippen LogP contribution < -0.4 is 5.73 Å². The fourth-order valence-electron chi connectivity index (χ4n) is 1.38. The lowest BCUT2D eigenvalue weighted by Crippen LogP contribution is -2.00. The Balaban J connectivity index is 2.33. The maximum Gasteiger partial charge on any atom is 0.195 e. The first kappa shape index (κ1) is 12.1. The average molecular weight is 252 g/mol. The predicted molar refractivity (Wildman–Crippen MR) is 64.2 cm³/mol. The minimum absolute atomic E-state index is 0.274. The normalized spacial score (nSPS) is 10.8. The third-order valence-electron chi connectivity index (χ3n) is 2.50. The largest absolute Gasteiger partial charge is 0.326 e. The first-order chi connectivity index (χ1) is 8.11. The maximum absolute atomic E-state index is 13.1. The van der Waals surface area contributed by atoms with Gasteiger partial charge < -0.3 is 10.3 Å². The highest BCUT2D eigenvalue weighted by Gasteiger charge is 2.10. The highest BCUT2D eigenvalue weighted by atomic mass is 32.2. The van der Waals surface area contributed by atoms with Crippen LogP contribution in [0.1, 0.15) is 11.4 Å². The quantitative estimate of drug-likeness (QED) is 0.906. The summed E-state index contributed by atoms with van der Waals surface area (Å²) in [6.07, 6.45) is 0. The Morgan fingerprint density at radius 2 is 2.18 bits per heavy atom. The molecule has 2 N–H and O–H groups in total. The molecule has 0 bridgehead atoms. The van der Waals surface area contributed by atoms with Crippen LogP contribution >= 0.6 is 11.8 Å². The minimum Gasteiger partial charge on any atom is -0.326 e. The van der Waals surface area contributed by atoms with E-state index in [0.717, 1.165) is 21.4 Å². The number of aryl methyl sites for hydroxylation is 1. The molecule has 0 aliphatic carbocycles. The molecule has 0 unspecified atom stereocenters. The Bertz CT molecular complexity index is 538. The zero-order chi connectivity index (χ0) is 12.4. The van der Waals surface area contributed by atoms with Crippen LogP contribution in [-0.2, 0) is 13.6 Å². The standard InChI is InChI=1S/C11H13FN4S/c1-7-14-15-11(16(7)2)17-10-4-3-9(12)5-8(10)6-13/h3-5H,6,13H2,1-2H3. The number of benzene rings is 1. The van der Waals surface area contributed by atoms with E-state index in [0.29, 0.717) is 6.54 Å². The number of aromatic nitrogens is 3. The van der Waals surface area contributed by atoms with Crippen LogP contribution in [-0.4, -0.2) is 14.8 Å².